The highest BCUT2D eigenvalue weighted by Crippen LogP contribution is 2.33. The summed E-state index contributed by atoms with van der Waals surface area (Å²) in [5.74, 6) is 0.933. The Morgan fingerprint density at radius 3 is 2.45 bits per heavy atom. The zero-order valence-corrected chi connectivity index (χ0v) is 19.7. The van der Waals surface area contributed by atoms with Crippen LogP contribution < -0.4 is 15.4 Å². The van der Waals surface area contributed by atoms with Gasteiger partial charge in [-0.2, -0.15) is 0 Å². The highest BCUT2D eigenvalue weighted by atomic mass is 32.2. The Hall–Kier alpha value is -3.37. The summed E-state index contributed by atoms with van der Waals surface area (Å²) in [4.78, 5) is 25.1. The number of aryl methyl sites for hydroxylation is 1. The average Bonchev–Trinajstić information content (AvgIpc) is 3.43. The summed E-state index contributed by atoms with van der Waals surface area (Å²) >= 11 is 3.03. The van der Waals surface area contributed by atoms with E-state index >= 15 is 0 Å². The zero-order valence-electron chi connectivity index (χ0n) is 18.1. The van der Waals surface area contributed by atoms with E-state index in [1.54, 1.807) is 31.4 Å². The van der Waals surface area contributed by atoms with E-state index in [0.29, 0.717) is 22.6 Å². The molecule has 0 spiro atoms. The molecule has 0 atom stereocenters. The molecule has 4 rings (SSSR count). The van der Waals surface area contributed by atoms with E-state index in [9.17, 15) is 9.59 Å². The predicted molar refractivity (Wildman–Crippen MR) is 128 cm³/mol. The first-order valence-corrected chi connectivity index (χ1v) is 12.0. The van der Waals surface area contributed by atoms with E-state index in [-0.39, 0.29) is 30.7 Å². The van der Waals surface area contributed by atoms with Crippen LogP contribution in [0.5, 0.6) is 5.75 Å². The third-order valence-electron chi connectivity index (χ3n) is 4.80. The largest absolute Gasteiger partial charge is 0.497 e. The summed E-state index contributed by atoms with van der Waals surface area (Å²) in [5, 5.41) is 15.6. The van der Waals surface area contributed by atoms with Crippen LogP contribution in [0, 0.1) is 6.92 Å². The van der Waals surface area contributed by atoms with E-state index in [1.165, 1.54) is 23.1 Å². The molecule has 10 heteroatoms. The van der Waals surface area contributed by atoms with Gasteiger partial charge >= 0.3 is 0 Å². The number of hydrogen-bond donors (Lipinski definition) is 2. The topological polar surface area (TPSA) is 106 Å². The van der Waals surface area contributed by atoms with Crippen molar-refractivity contribution in [1.29, 1.82) is 0 Å². The van der Waals surface area contributed by atoms with Crippen molar-refractivity contribution in [3.05, 3.63) is 70.4 Å². The predicted octanol–water partition coefficient (Wildman–Crippen LogP) is 4.05. The van der Waals surface area contributed by atoms with E-state index in [4.69, 9.17) is 9.15 Å². The Bertz CT molecular complexity index is 1270. The van der Waals surface area contributed by atoms with Crippen molar-refractivity contribution >= 4 is 45.9 Å². The molecule has 8 nitrogen and oxygen atoms in total. The first kappa shape index (κ1) is 22.8. The lowest BCUT2D eigenvalue weighted by Gasteiger charge is -2.08. The molecule has 0 saturated carbocycles. The van der Waals surface area contributed by atoms with Crippen molar-refractivity contribution in [2.75, 3.05) is 20.2 Å². The second kappa shape index (κ2) is 10.5. The van der Waals surface area contributed by atoms with Gasteiger partial charge in [0.1, 0.15) is 16.3 Å². The number of furan rings is 1. The highest BCUT2D eigenvalue weighted by Gasteiger charge is 2.21. The van der Waals surface area contributed by atoms with Crippen LogP contribution in [0.2, 0.25) is 0 Å². The maximum atomic E-state index is 12.9. The Morgan fingerprint density at radius 2 is 1.76 bits per heavy atom. The number of carbonyl (C=O) groups is 2. The minimum absolute atomic E-state index is 0.222. The molecular formula is C23H22N4O4S2. The molecule has 0 bridgehead atoms. The van der Waals surface area contributed by atoms with Crippen LogP contribution in [-0.4, -0.2) is 42.2 Å². The fourth-order valence-corrected chi connectivity index (χ4v) is 5.02. The third kappa shape index (κ3) is 5.52. The lowest BCUT2D eigenvalue weighted by Crippen LogP contribution is -2.34. The standard InChI is InChI=1S/C23H22N4O4S2/c1-14-26-27-23(33-14)32-13-18-17-5-3-4-6-19(17)31-20(18)22(29)25-12-11-24-21(28)15-7-9-16(30-2)10-8-15/h3-10H,11-13H2,1-2H3,(H,24,28)(H,25,29). The van der Waals surface area contributed by atoms with Gasteiger partial charge in [0.25, 0.3) is 11.8 Å². The number of nitrogens with zero attached hydrogens (tertiary/aromatic N) is 2. The SMILES string of the molecule is COc1ccc(C(=O)NCCNC(=O)c2oc3ccccc3c2CSc2nnc(C)s2)cc1. The number of rotatable bonds is 9. The lowest BCUT2D eigenvalue weighted by atomic mass is 10.1. The normalized spacial score (nSPS) is 10.8. The Kier molecular flexibility index (Phi) is 7.26. The lowest BCUT2D eigenvalue weighted by molar-refractivity contribution is 0.0911. The molecule has 0 aliphatic carbocycles. The summed E-state index contributed by atoms with van der Waals surface area (Å²) in [7, 11) is 1.57. The van der Waals surface area contributed by atoms with Gasteiger partial charge in [-0.3, -0.25) is 9.59 Å². The Balaban J connectivity index is 1.37. The number of methoxy groups -OCH3 is 1. The molecule has 0 fully saturated rings. The van der Waals surface area contributed by atoms with Gasteiger partial charge in [0, 0.05) is 35.4 Å². The van der Waals surface area contributed by atoms with Crippen LogP contribution in [0.15, 0.2) is 57.3 Å². The van der Waals surface area contributed by atoms with Crippen LogP contribution >= 0.6 is 23.1 Å². The average molecular weight is 483 g/mol. The zero-order chi connectivity index (χ0) is 23.2. The molecule has 4 aromatic rings. The first-order chi connectivity index (χ1) is 16.0. The number of ether oxygens (including phenoxy) is 1. The van der Waals surface area contributed by atoms with E-state index < -0.39 is 0 Å². The smallest absolute Gasteiger partial charge is 0.287 e. The molecule has 170 valence electrons. The van der Waals surface area contributed by atoms with E-state index in [2.05, 4.69) is 20.8 Å². The van der Waals surface area contributed by atoms with Gasteiger partial charge in [-0.15, -0.1) is 10.2 Å². The number of nitrogens with one attached hydrogen (secondary N) is 2. The molecule has 33 heavy (non-hydrogen) atoms. The van der Waals surface area contributed by atoms with Gasteiger partial charge in [0.05, 0.1) is 7.11 Å². The van der Waals surface area contributed by atoms with Gasteiger partial charge < -0.3 is 19.8 Å². The van der Waals surface area contributed by atoms with Gasteiger partial charge in [0.15, 0.2) is 10.1 Å². The Morgan fingerprint density at radius 1 is 1.03 bits per heavy atom. The summed E-state index contributed by atoms with van der Waals surface area (Å²) < 4.78 is 11.8. The van der Waals surface area contributed by atoms with E-state index in [1.807, 2.05) is 31.2 Å². The molecule has 2 amide bonds. The molecule has 2 N–H and O–H groups in total. The quantitative estimate of drug-likeness (QED) is 0.274. The highest BCUT2D eigenvalue weighted by molar-refractivity contribution is 8.00. The monoisotopic (exact) mass is 482 g/mol. The molecule has 0 radical (unpaired) electrons. The van der Waals surface area contributed by atoms with Crippen molar-refractivity contribution in [2.24, 2.45) is 0 Å². The Labute approximate surface area is 198 Å². The minimum Gasteiger partial charge on any atom is -0.497 e. The first-order valence-electron chi connectivity index (χ1n) is 10.2. The fraction of sp³-hybridized carbons (Fsp3) is 0.217. The van der Waals surface area contributed by atoms with Gasteiger partial charge in [-0.05, 0) is 37.3 Å². The molecule has 2 heterocycles. The molecule has 0 aliphatic heterocycles. The van der Waals surface area contributed by atoms with Crippen molar-refractivity contribution < 1.29 is 18.7 Å². The fourth-order valence-electron chi connectivity index (χ4n) is 3.17. The molecule has 0 aliphatic rings. The maximum absolute atomic E-state index is 12.9. The molecule has 2 aromatic heterocycles. The maximum Gasteiger partial charge on any atom is 0.287 e. The molecule has 0 saturated heterocycles. The minimum atomic E-state index is -0.325. The molecule has 0 unspecified atom stereocenters. The van der Waals surface area contributed by atoms with Crippen molar-refractivity contribution in [1.82, 2.24) is 20.8 Å². The number of fused-ring (bicyclic) bond motifs is 1. The number of hydrogen-bond acceptors (Lipinski definition) is 8. The summed E-state index contributed by atoms with van der Waals surface area (Å²) in [5.41, 5.74) is 1.98. The van der Waals surface area contributed by atoms with Crippen LogP contribution in [-0.2, 0) is 5.75 Å². The molecular weight excluding hydrogens is 460 g/mol. The van der Waals surface area contributed by atoms with Gasteiger partial charge in [0.2, 0.25) is 0 Å². The van der Waals surface area contributed by atoms with E-state index in [0.717, 1.165) is 20.3 Å². The van der Waals surface area contributed by atoms with Gasteiger partial charge in [-0.25, -0.2) is 0 Å². The van der Waals surface area contributed by atoms with Crippen molar-refractivity contribution in [3.8, 4) is 5.75 Å². The van der Waals surface area contributed by atoms with Crippen molar-refractivity contribution in [3.63, 3.8) is 0 Å². The number of carbonyl (C=O) groups excluding carboxylic acids is 2. The number of amides is 2. The summed E-state index contributed by atoms with van der Waals surface area (Å²) in [6, 6.07) is 14.4. The third-order valence-corrected chi connectivity index (χ3v) is 6.80. The van der Waals surface area contributed by atoms with Gasteiger partial charge in [-0.1, -0.05) is 41.3 Å². The molecule has 2 aromatic carbocycles. The number of benzene rings is 2. The number of para-hydroxylation sites is 1. The summed E-state index contributed by atoms with van der Waals surface area (Å²) in [6.45, 7) is 2.45. The van der Waals surface area contributed by atoms with Crippen LogP contribution in [0.4, 0.5) is 0 Å². The van der Waals surface area contributed by atoms with Crippen LogP contribution in [0.1, 0.15) is 31.5 Å². The second-order valence-corrected chi connectivity index (χ2v) is 9.43. The number of aromatic nitrogens is 2. The number of thioether (sulfide) groups is 1. The summed E-state index contributed by atoms with van der Waals surface area (Å²) in [6.07, 6.45) is 0. The van der Waals surface area contributed by atoms with Crippen LogP contribution in [0.3, 0.4) is 0 Å². The van der Waals surface area contributed by atoms with Crippen molar-refractivity contribution in [2.45, 2.75) is 17.0 Å². The second-order valence-electron chi connectivity index (χ2n) is 7.02. The van der Waals surface area contributed by atoms with Crippen LogP contribution in [0.25, 0.3) is 11.0 Å².